The second kappa shape index (κ2) is 6.95. The molecule has 0 saturated heterocycles. The molecule has 0 saturated carbocycles. The fraction of sp³-hybridized carbons (Fsp3) is 0.316. The van der Waals surface area contributed by atoms with Gasteiger partial charge in [-0.25, -0.2) is 0 Å². The highest BCUT2D eigenvalue weighted by Gasteiger charge is 2.07. The van der Waals surface area contributed by atoms with Crippen LogP contribution in [0, 0.1) is 11.3 Å². The van der Waals surface area contributed by atoms with E-state index in [1.165, 1.54) is 5.56 Å². The maximum absolute atomic E-state index is 8.97. The molecule has 0 aliphatic heterocycles. The molecular weight excluding hydrogens is 256 g/mol. The highest BCUT2D eigenvalue weighted by molar-refractivity contribution is 5.47. The molecule has 0 bridgehead atoms. The number of anilines is 1. The van der Waals surface area contributed by atoms with Gasteiger partial charge in [-0.15, -0.1) is 0 Å². The Kier molecular flexibility index (Phi) is 5.00. The number of nitriles is 1. The van der Waals surface area contributed by atoms with Crippen molar-refractivity contribution in [3.8, 4) is 6.07 Å². The molecular formula is C19H22N2. The number of hydrogen-bond acceptors (Lipinski definition) is 2. The van der Waals surface area contributed by atoms with E-state index < -0.39 is 0 Å². The summed E-state index contributed by atoms with van der Waals surface area (Å²) >= 11 is 0. The number of nitrogens with one attached hydrogen (secondary N) is 1. The van der Waals surface area contributed by atoms with E-state index in [-0.39, 0.29) is 6.04 Å². The van der Waals surface area contributed by atoms with Crippen LogP contribution in [0.1, 0.15) is 55.8 Å². The summed E-state index contributed by atoms with van der Waals surface area (Å²) < 4.78 is 0. The summed E-state index contributed by atoms with van der Waals surface area (Å²) in [6.07, 6.45) is 1.16. The highest BCUT2D eigenvalue weighted by atomic mass is 14.9. The zero-order chi connectivity index (χ0) is 15.2. The van der Waals surface area contributed by atoms with Crippen LogP contribution in [0.25, 0.3) is 0 Å². The van der Waals surface area contributed by atoms with Crippen molar-refractivity contribution in [1.29, 1.82) is 5.26 Å². The molecule has 2 atom stereocenters. The lowest BCUT2D eigenvalue weighted by molar-refractivity contribution is 0.733. The van der Waals surface area contributed by atoms with Gasteiger partial charge in [0.05, 0.1) is 11.6 Å². The minimum Gasteiger partial charge on any atom is -0.379 e. The van der Waals surface area contributed by atoms with Gasteiger partial charge in [0.25, 0.3) is 0 Å². The molecule has 108 valence electrons. The van der Waals surface area contributed by atoms with Crippen LogP contribution < -0.4 is 5.32 Å². The Morgan fingerprint density at radius 3 is 2.38 bits per heavy atom. The minimum absolute atomic E-state index is 0.174. The summed E-state index contributed by atoms with van der Waals surface area (Å²) in [5.41, 5.74) is 4.31. The van der Waals surface area contributed by atoms with E-state index in [0.29, 0.717) is 11.5 Å². The van der Waals surface area contributed by atoms with Crippen LogP contribution in [0.15, 0.2) is 48.5 Å². The van der Waals surface area contributed by atoms with Gasteiger partial charge < -0.3 is 5.32 Å². The van der Waals surface area contributed by atoms with Gasteiger partial charge in [0, 0.05) is 11.7 Å². The molecule has 0 aliphatic rings. The maximum atomic E-state index is 8.97. The second-order valence-electron chi connectivity index (χ2n) is 5.53. The number of hydrogen-bond donors (Lipinski definition) is 1. The molecule has 0 heterocycles. The highest BCUT2D eigenvalue weighted by Crippen LogP contribution is 2.23. The van der Waals surface area contributed by atoms with E-state index in [2.05, 4.69) is 56.4 Å². The average Bonchev–Trinajstić information content (AvgIpc) is 2.54. The monoisotopic (exact) mass is 278 g/mol. The van der Waals surface area contributed by atoms with Crippen LogP contribution in [0.5, 0.6) is 0 Å². The summed E-state index contributed by atoms with van der Waals surface area (Å²) in [4.78, 5) is 0. The fourth-order valence-corrected chi connectivity index (χ4v) is 2.35. The van der Waals surface area contributed by atoms with E-state index >= 15 is 0 Å². The minimum atomic E-state index is 0.174. The molecule has 2 aromatic carbocycles. The van der Waals surface area contributed by atoms with Crippen molar-refractivity contribution in [2.45, 2.75) is 39.2 Å². The molecule has 0 aromatic heterocycles. The first kappa shape index (κ1) is 15.1. The summed E-state index contributed by atoms with van der Waals surface area (Å²) in [6, 6.07) is 18.7. The lowest BCUT2D eigenvalue weighted by Crippen LogP contribution is -2.06. The van der Waals surface area contributed by atoms with Gasteiger partial charge in [-0.3, -0.25) is 0 Å². The molecule has 21 heavy (non-hydrogen) atoms. The summed E-state index contributed by atoms with van der Waals surface area (Å²) in [5.74, 6) is 0.601. The fourth-order valence-electron chi connectivity index (χ4n) is 2.35. The zero-order valence-corrected chi connectivity index (χ0v) is 12.9. The molecule has 0 amide bonds. The Balaban J connectivity index is 2.08. The van der Waals surface area contributed by atoms with Gasteiger partial charge in [-0.05, 0) is 54.7 Å². The van der Waals surface area contributed by atoms with E-state index in [1.54, 1.807) is 0 Å². The Bertz CT molecular complexity index is 623. The molecule has 2 unspecified atom stereocenters. The first-order valence-electron chi connectivity index (χ1n) is 7.50. The Labute approximate surface area is 127 Å². The molecule has 0 spiro atoms. The molecule has 2 aromatic rings. The van der Waals surface area contributed by atoms with E-state index in [9.17, 15) is 0 Å². The van der Waals surface area contributed by atoms with Crippen LogP contribution in [0.2, 0.25) is 0 Å². The summed E-state index contributed by atoms with van der Waals surface area (Å²) in [5, 5.41) is 12.5. The van der Waals surface area contributed by atoms with Gasteiger partial charge in [-0.2, -0.15) is 5.26 Å². The van der Waals surface area contributed by atoms with Gasteiger partial charge in [0.2, 0.25) is 0 Å². The third kappa shape index (κ3) is 3.86. The Morgan fingerprint density at radius 2 is 1.76 bits per heavy atom. The lowest BCUT2D eigenvalue weighted by atomic mass is 9.98. The predicted octanol–water partition coefficient (Wildman–Crippen LogP) is 5.24. The number of nitrogens with zero attached hydrogens (tertiary/aromatic N) is 1. The summed E-state index contributed by atoms with van der Waals surface area (Å²) in [6.45, 7) is 6.57. The molecule has 2 heteroatoms. The van der Waals surface area contributed by atoms with Crippen LogP contribution in [-0.4, -0.2) is 0 Å². The SMILES string of the molecule is CCC(C)c1ccc(NC(C)c2cccc(C#N)c2)cc1. The second-order valence-corrected chi connectivity index (χ2v) is 5.53. The maximum Gasteiger partial charge on any atom is 0.0991 e. The number of rotatable bonds is 5. The van der Waals surface area contributed by atoms with Gasteiger partial charge in [0.1, 0.15) is 0 Å². The van der Waals surface area contributed by atoms with Crippen molar-refractivity contribution in [2.75, 3.05) is 5.32 Å². The van der Waals surface area contributed by atoms with Crippen LogP contribution in [0.3, 0.4) is 0 Å². The first-order chi connectivity index (χ1) is 10.1. The molecule has 1 N–H and O–H groups in total. The molecule has 0 fully saturated rings. The van der Waals surface area contributed by atoms with Crippen molar-refractivity contribution in [3.63, 3.8) is 0 Å². The van der Waals surface area contributed by atoms with E-state index in [4.69, 9.17) is 5.26 Å². The van der Waals surface area contributed by atoms with Crippen LogP contribution >= 0.6 is 0 Å². The van der Waals surface area contributed by atoms with E-state index in [0.717, 1.165) is 17.7 Å². The molecule has 2 rings (SSSR count). The van der Waals surface area contributed by atoms with Crippen molar-refractivity contribution in [2.24, 2.45) is 0 Å². The van der Waals surface area contributed by atoms with Gasteiger partial charge in [0.15, 0.2) is 0 Å². The number of benzene rings is 2. The largest absolute Gasteiger partial charge is 0.379 e. The topological polar surface area (TPSA) is 35.8 Å². The van der Waals surface area contributed by atoms with Gasteiger partial charge in [-0.1, -0.05) is 38.1 Å². The Morgan fingerprint density at radius 1 is 1.05 bits per heavy atom. The van der Waals surface area contributed by atoms with Crippen molar-refractivity contribution < 1.29 is 0 Å². The first-order valence-corrected chi connectivity index (χ1v) is 7.50. The molecule has 0 aliphatic carbocycles. The third-order valence-electron chi connectivity index (χ3n) is 3.99. The third-order valence-corrected chi connectivity index (χ3v) is 3.99. The van der Waals surface area contributed by atoms with Crippen molar-refractivity contribution >= 4 is 5.69 Å². The molecule has 0 radical (unpaired) electrons. The Hall–Kier alpha value is -2.27. The summed E-state index contributed by atoms with van der Waals surface area (Å²) in [7, 11) is 0. The lowest BCUT2D eigenvalue weighted by Gasteiger charge is -2.17. The van der Waals surface area contributed by atoms with E-state index in [1.807, 2.05) is 24.3 Å². The smallest absolute Gasteiger partial charge is 0.0991 e. The van der Waals surface area contributed by atoms with Gasteiger partial charge >= 0.3 is 0 Å². The normalized spacial score (nSPS) is 13.2. The zero-order valence-electron chi connectivity index (χ0n) is 12.9. The van der Waals surface area contributed by atoms with Crippen LogP contribution in [-0.2, 0) is 0 Å². The quantitative estimate of drug-likeness (QED) is 0.811. The standard InChI is InChI=1S/C19H22N2/c1-4-14(2)17-8-10-19(11-9-17)21-15(3)18-7-5-6-16(12-18)13-20/h5-12,14-15,21H,4H2,1-3H3. The van der Waals surface area contributed by atoms with Crippen LogP contribution in [0.4, 0.5) is 5.69 Å². The predicted molar refractivity (Wildman–Crippen MR) is 88.3 cm³/mol. The van der Waals surface area contributed by atoms with Crippen molar-refractivity contribution in [1.82, 2.24) is 0 Å². The van der Waals surface area contributed by atoms with Crippen molar-refractivity contribution in [3.05, 3.63) is 65.2 Å². The average molecular weight is 278 g/mol. The molecule has 2 nitrogen and oxygen atoms in total.